The molecular weight excluding hydrogens is 288 g/mol. The number of amides is 1. The summed E-state index contributed by atoms with van der Waals surface area (Å²) in [5.41, 5.74) is 0.818. The summed E-state index contributed by atoms with van der Waals surface area (Å²) in [5, 5.41) is 4.77. The Hall–Kier alpha value is -1.76. The van der Waals surface area contributed by atoms with Gasteiger partial charge in [0.15, 0.2) is 5.82 Å². The van der Waals surface area contributed by atoms with Crippen molar-refractivity contribution in [1.29, 1.82) is 0 Å². The molecule has 0 radical (unpaired) electrons. The van der Waals surface area contributed by atoms with Gasteiger partial charge in [-0.1, -0.05) is 5.16 Å². The van der Waals surface area contributed by atoms with Crippen LogP contribution in [0.5, 0.6) is 0 Å². The lowest BCUT2D eigenvalue weighted by Crippen LogP contribution is -2.39. The lowest BCUT2D eigenvalue weighted by atomic mass is 9.98. The van der Waals surface area contributed by atoms with Crippen molar-refractivity contribution in [1.82, 2.24) is 20.0 Å². The van der Waals surface area contributed by atoms with Crippen molar-refractivity contribution >= 4 is 17.2 Å². The van der Waals surface area contributed by atoms with E-state index in [1.165, 1.54) is 11.3 Å². The van der Waals surface area contributed by atoms with Crippen molar-refractivity contribution in [3.05, 3.63) is 27.3 Å². The second-order valence-electron chi connectivity index (χ2n) is 5.42. The number of rotatable bonds is 2. The lowest BCUT2D eigenvalue weighted by molar-refractivity contribution is 0.0699. The molecule has 3 rings (SSSR count). The van der Waals surface area contributed by atoms with Gasteiger partial charge in [0.2, 0.25) is 5.89 Å². The molecule has 0 bridgehead atoms. The van der Waals surface area contributed by atoms with Gasteiger partial charge in [0.1, 0.15) is 4.88 Å². The van der Waals surface area contributed by atoms with Crippen molar-refractivity contribution < 1.29 is 9.32 Å². The highest BCUT2D eigenvalue weighted by molar-refractivity contribution is 7.13. The SMILES string of the molecule is Cc1noc([C@@H]2CCCN(C(=O)c3sc(C)nc3C)C2)n1. The molecule has 1 saturated heterocycles. The van der Waals surface area contributed by atoms with Gasteiger partial charge in [0, 0.05) is 13.1 Å². The number of carbonyl (C=O) groups excluding carboxylic acids is 1. The second-order valence-corrected chi connectivity index (χ2v) is 6.62. The van der Waals surface area contributed by atoms with E-state index >= 15 is 0 Å². The number of hydrogen-bond donors (Lipinski definition) is 0. The average Bonchev–Trinajstić information content (AvgIpc) is 3.04. The molecule has 1 fully saturated rings. The smallest absolute Gasteiger partial charge is 0.265 e. The molecule has 2 aromatic heterocycles. The maximum atomic E-state index is 12.6. The van der Waals surface area contributed by atoms with Crippen molar-refractivity contribution in [2.24, 2.45) is 0 Å². The molecule has 1 aliphatic rings. The number of carbonyl (C=O) groups is 1. The Morgan fingerprint density at radius 1 is 1.33 bits per heavy atom. The maximum absolute atomic E-state index is 12.6. The fourth-order valence-electron chi connectivity index (χ4n) is 2.72. The molecule has 2 aromatic rings. The number of thiazole rings is 1. The van der Waals surface area contributed by atoms with E-state index in [1.54, 1.807) is 0 Å². The van der Waals surface area contributed by atoms with Crippen LogP contribution in [0, 0.1) is 20.8 Å². The van der Waals surface area contributed by atoms with Crippen LogP contribution in [-0.4, -0.2) is 39.0 Å². The Morgan fingerprint density at radius 2 is 2.14 bits per heavy atom. The third-order valence-corrected chi connectivity index (χ3v) is 4.76. The Labute approximate surface area is 127 Å². The number of hydrogen-bond acceptors (Lipinski definition) is 6. The van der Waals surface area contributed by atoms with E-state index in [-0.39, 0.29) is 11.8 Å². The standard InChI is InChI=1S/C14H18N4O2S/c1-8-12(21-10(3)15-8)14(19)18-6-4-5-11(7-18)13-16-9(2)17-20-13/h11H,4-7H2,1-3H3/t11-/m1/s1. The molecule has 3 heterocycles. The monoisotopic (exact) mass is 306 g/mol. The second kappa shape index (κ2) is 5.55. The summed E-state index contributed by atoms with van der Waals surface area (Å²) in [6.45, 7) is 7.03. The van der Waals surface area contributed by atoms with Crippen LogP contribution < -0.4 is 0 Å². The molecule has 112 valence electrons. The summed E-state index contributed by atoms with van der Waals surface area (Å²) in [4.78, 5) is 23.9. The van der Waals surface area contributed by atoms with E-state index in [1.807, 2.05) is 25.7 Å². The first-order chi connectivity index (χ1) is 10.0. The van der Waals surface area contributed by atoms with Crippen LogP contribution in [0.4, 0.5) is 0 Å². The van der Waals surface area contributed by atoms with Gasteiger partial charge in [-0.15, -0.1) is 11.3 Å². The van der Waals surface area contributed by atoms with Gasteiger partial charge < -0.3 is 9.42 Å². The summed E-state index contributed by atoms with van der Waals surface area (Å²) in [7, 11) is 0. The molecule has 0 saturated carbocycles. The fraction of sp³-hybridized carbons (Fsp3) is 0.571. The fourth-order valence-corrected chi connectivity index (χ4v) is 3.60. The van der Waals surface area contributed by atoms with Crippen molar-refractivity contribution in [3.8, 4) is 0 Å². The summed E-state index contributed by atoms with van der Waals surface area (Å²) >= 11 is 1.46. The van der Waals surface area contributed by atoms with E-state index in [0.29, 0.717) is 18.3 Å². The number of aromatic nitrogens is 3. The minimum Gasteiger partial charge on any atom is -0.339 e. The van der Waals surface area contributed by atoms with Gasteiger partial charge in [-0.3, -0.25) is 4.79 Å². The van der Waals surface area contributed by atoms with Gasteiger partial charge in [-0.25, -0.2) is 4.98 Å². The molecule has 0 N–H and O–H groups in total. The molecular formula is C14H18N4O2S. The largest absolute Gasteiger partial charge is 0.339 e. The van der Waals surface area contributed by atoms with Gasteiger partial charge >= 0.3 is 0 Å². The van der Waals surface area contributed by atoms with E-state index in [4.69, 9.17) is 4.52 Å². The molecule has 0 aliphatic carbocycles. The molecule has 7 heteroatoms. The maximum Gasteiger partial charge on any atom is 0.265 e. The van der Waals surface area contributed by atoms with E-state index in [2.05, 4.69) is 15.1 Å². The zero-order valence-corrected chi connectivity index (χ0v) is 13.2. The van der Waals surface area contributed by atoms with Crippen molar-refractivity contribution in [3.63, 3.8) is 0 Å². The lowest BCUT2D eigenvalue weighted by Gasteiger charge is -2.30. The molecule has 0 spiro atoms. The van der Waals surface area contributed by atoms with E-state index in [9.17, 15) is 4.79 Å². The van der Waals surface area contributed by atoms with Crippen LogP contribution in [-0.2, 0) is 0 Å². The molecule has 0 aromatic carbocycles. The number of likely N-dealkylation sites (tertiary alicyclic amines) is 1. The summed E-state index contributed by atoms with van der Waals surface area (Å²) in [5.74, 6) is 1.49. The normalized spacial score (nSPS) is 19.0. The average molecular weight is 306 g/mol. The first-order valence-corrected chi connectivity index (χ1v) is 7.89. The molecule has 1 atom stereocenters. The van der Waals surface area contributed by atoms with E-state index < -0.39 is 0 Å². The number of piperidine rings is 1. The zero-order chi connectivity index (χ0) is 15.0. The molecule has 1 aliphatic heterocycles. The molecule has 6 nitrogen and oxygen atoms in total. The van der Waals surface area contributed by atoms with Crippen LogP contribution in [0.15, 0.2) is 4.52 Å². The highest BCUT2D eigenvalue weighted by Gasteiger charge is 2.30. The Bertz CT molecular complexity index is 664. The number of aryl methyl sites for hydroxylation is 3. The first-order valence-electron chi connectivity index (χ1n) is 7.08. The Morgan fingerprint density at radius 3 is 2.76 bits per heavy atom. The summed E-state index contributed by atoms with van der Waals surface area (Å²) in [6.07, 6.45) is 1.93. The van der Waals surface area contributed by atoms with Crippen LogP contribution in [0.1, 0.15) is 50.8 Å². The van der Waals surface area contributed by atoms with Crippen LogP contribution in [0.2, 0.25) is 0 Å². The Kier molecular flexibility index (Phi) is 3.75. The predicted octanol–water partition coefficient (Wildman–Crippen LogP) is 2.47. The van der Waals surface area contributed by atoms with Gasteiger partial charge in [0.25, 0.3) is 5.91 Å². The summed E-state index contributed by atoms with van der Waals surface area (Å²) < 4.78 is 5.26. The summed E-state index contributed by atoms with van der Waals surface area (Å²) in [6, 6.07) is 0. The predicted molar refractivity (Wildman–Crippen MR) is 78.5 cm³/mol. The molecule has 1 amide bonds. The molecule has 21 heavy (non-hydrogen) atoms. The van der Waals surface area contributed by atoms with Crippen molar-refractivity contribution in [2.45, 2.75) is 39.5 Å². The quantitative estimate of drug-likeness (QED) is 0.852. The first kappa shape index (κ1) is 14.2. The third kappa shape index (κ3) is 2.83. The van der Waals surface area contributed by atoms with Crippen LogP contribution in [0.25, 0.3) is 0 Å². The van der Waals surface area contributed by atoms with E-state index in [0.717, 1.165) is 35.0 Å². The van der Waals surface area contributed by atoms with Crippen molar-refractivity contribution in [2.75, 3.05) is 13.1 Å². The Balaban J connectivity index is 1.77. The highest BCUT2D eigenvalue weighted by atomic mass is 32.1. The third-order valence-electron chi connectivity index (χ3n) is 3.70. The van der Waals surface area contributed by atoms with Crippen LogP contribution in [0.3, 0.4) is 0 Å². The topological polar surface area (TPSA) is 72.1 Å². The number of nitrogens with zero attached hydrogens (tertiary/aromatic N) is 4. The van der Waals surface area contributed by atoms with Gasteiger partial charge in [-0.2, -0.15) is 4.98 Å². The minimum atomic E-state index is 0.0686. The van der Waals surface area contributed by atoms with Gasteiger partial charge in [-0.05, 0) is 33.6 Å². The zero-order valence-electron chi connectivity index (χ0n) is 12.4. The van der Waals surface area contributed by atoms with Gasteiger partial charge in [0.05, 0.1) is 16.6 Å². The van der Waals surface area contributed by atoms with Crippen LogP contribution >= 0.6 is 11.3 Å². The molecule has 0 unspecified atom stereocenters. The highest BCUT2D eigenvalue weighted by Crippen LogP contribution is 2.28. The minimum absolute atomic E-state index is 0.0686.